The van der Waals surface area contributed by atoms with E-state index in [4.69, 9.17) is 5.73 Å². The fourth-order valence-corrected chi connectivity index (χ4v) is 1.95. The molecule has 0 aliphatic carbocycles. The molecule has 1 aromatic carbocycles. The van der Waals surface area contributed by atoms with Gasteiger partial charge in [0.15, 0.2) is 0 Å². The zero-order chi connectivity index (χ0) is 9.97. The van der Waals surface area contributed by atoms with Crippen molar-refractivity contribution in [1.82, 2.24) is 0 Å². The van der Waals surface area contributed by atoms with Crippen molar-refractivity contribution in [3.05, 3.63) is 24.0 Å². The molecule has 1 aromatic rings. The molecule has 15 heavy (non-hydrogen) atoms. The molecular formula is C11H16ClFN2. The van der Waals surface area contributed by atoms with Gasteiger partial charge in [-0.15, -0.1) is 12.4 Å². The van der Waals surface area contributed by atoms with E-state index in [0.717, 1.165) is 18.8 Å². The van der Waals surface area contributed by atoms with Gasteiger partial charge in [-0.05, 0) is 37.5 Å². The van der Waals surface area contributed by atoms with E-state index in [1.165, 1.54) is 31.4 Å². The van der Waals surface area contributed by atoms with Crippen molar-refractivity contribution in [2.75, 3.05) is 23.7 Å². The van der Waals surface area contributed by atoms with Crippen LogP contribution in [-0.4, -0.2) is 13.1 Å². The molecular weight excluding hydrogens is 215 g/mol. The summed E-state index contributed by atoms with van der Waals surface area (Å²) in [6.07, 6.45) is 3.70. The predicted molar refractivity (Wildman–Crippen MR) is 64.1 cm³/mol. The largest absolute Gasteiger partial charge is 0.397 e. The summed E-state index contributed by atoms with van der Waals surface area (Å²) in [6, 6.07) is 4.64. The van der Waals surface area contributed by atoms with Crippen molar-refractivity contribution in [2.24, 2.45) is 0 Å². The van der Waals surface area contributed by atoms with Crippen LogP contribution in [-0.2, 0) is 0 Å². The minimum absolute atomic E-state index is 0. The van der Waals surface area contributed by atoms with Gasteiger partial charge >= 0.3 is 0 Å². The van der Waals surface area contributed by atoms with Gasteiger partial charge in [0.25, 0.3) is 0 Å². The van der Waals surface area contributed by atoms with Gasteiger partial charge < -0.3 is 10.6 Å². The Labute approximate surface area is 95.7 Å². The lowest BCUT2D eigenvalue weighted by molar-refractivity contribution is 0.577. The molecule has 0 unspecified atom stereocenters. The molecule has 0 amide bonds. The lowest BCUT2D eigenvalue weighted by Gasteiger charge is -2.29. The highest BCUT2D eigenvalue weighted by atomic mass is 35.5. The first-order valence-corrected chi connectivity index (χ1v) is 5.07. The maximum atomic E-state index is 12.8. The number of anilines is 2. The lowest BCUT2D eigenvalue weighted by Crippen LogP contribution is -2.30. The highest BCUT2D eigenvalue weighted by Gasteiger charge is 2.13. The van der Waals surface area contributed by atoms with Gasteiger partial charge in [0.1, 0.15) is 5.82 Å². The van der Waals surface area contributed by atoms with Crippen molar-refractivity contribution in [3.63, 3.8) is 0 Å². The summed E-state index contributed by atoms with van der Waals surface area (Å²) in [5.41, 5.74) is 7.30. The van der Waals surface area contributed by atoms with Crippen LogP contribution in [0.1, 0.15) is 19.3 Å². The summed E-state index contributed by atoms with van der Waals surface area (Å²) < 4.78 is 12.8. The van der Waals surface area contributed by atoms with Crippen molar-refractivity contribution in [2.45, 2.75) is 19.3 Å². The number of rotatable bonds is 1. The molecule has 2 nitrogen and oxygen atoms in total. The third kappa shape index (κ3) is 2.75. The Kier molecular flexibility index (Phi) is 4.21. The smallest absolute Gasteiger partial charge is 0.125 e. The molecule has 0 atom stereocenters. The summed E-state index contributed by atoms with van der Waals surface area (Å²) in [7, 11) is 0. The molecule has 0 bridgehead atoms. The monoisotopic (exact) mass is 230 g/mol. The zero-order valence-corrected chi connectivity index (χ0v) is 9.39. The summed E-state index contributed by atoms with van der Waals surface area (Å²) in [4.78, 5) is 2.23. The van der Waals surface area contributed by atoms with Crippen LogP contribution in [0.25, 0.3) is 0 Å². The molecule has 4 heteroatoms. The highest BCUT2D eigenvalue weighted by Crippen LogP contribution is 2.26. The zero-order valence-electron chi connectivity index (χ0n) is 8.58. The fourth-order valence-electron chi connectivity index (χ4n) is 1.95. The second-order valence-corrected chi connectivity index (χ2v) is 3.75. The molecule has 0 spiro atoms. The first-order chi connectivity index (χ1) is 6.77. The number of nitrogens with zero attached hydrogens (tertiary/aromatic N) is 1. The summed E-state index contributed by atoms with van der Waals surface area (Å²) in [5, 5.41) is 0. The quantitative estimate of drug-likeness (QED) is 0.752. The second-order valence-electron chi connectivity index (χ2n) is 3.75. The van der Waals surface area contributed by atoms with Gasteiger partial charge in [-0.25, -0.2) is 4.39 Å². The van der Waals surface area contributed by atoms with Crippen molar-refractivity contribution >= 4 is 23.8 Å². The Morgan fingerprint density at radius 1 is 1.13 bits per heavy atom. The van der Waals surface area contributed by atoms with Gasteiger partial charge in [0.2, 0.25) is 0 Å². The standard InChI is InChI=1S/C11H15FN2.ClH/c12-9-4-5-11(10(13)8-9)14-6-2-1-3-7-14;/h4-5,8H,1-3,6-7,13H2;1H. The van der Waals surface area contributed by atoms with E-state index in [2.05, 4.69) is 4.90 Å². The Balaban J connectivity index is 0.00000112. The average Bonchev–Trinajstić information content (AvgIpc) is 2.19. The van der Waals surface area contributed by atoms with Gasteiger partial charge in [0, 0.05) is 13.1 Å². The molecule has 1 saturated heterocycles. The first-order valence-electron chi connectivity index (χ1n) is 5.07. The molecule has 0 aromatic heterocycles. The summed E-state index contributed by atoms with van der Waals surface area (Å²) in [5.74, 6) is -0.261. The van der Waals surface area contributed by atoms with Crippen molar-refractivity contribution in [1.29, 1.82) is 0 Å². The minimum Gasteiger partial charge on any atom is -0.397 e. The third-order valence-electron chi connectivity index (χ3n) is 2.69. The normalized spacial score (nSPS) is 15.9. The predicted octanol–water partition coefficient (Wildman–Crippen LogP) is 2.82. The molecule has 1 aliphatic heterocycles. The Hall–Kier alpha value is -0.960. The molecule has 1 aliphatic rings. The first kappa shape index (κ1) is 12.1. The molecule has 0 radical (unpaired) electrons. The Morgan fingerprint density at radius 2 is 1.80 bits per heavy atom. The maximum absolute atomic E-state index is 12.8. The van der Waals surface area contributed by atoms with E-state index in [9.17, 15) is 4.39 Å². The number of halogens is 2. The van der Waals surface area contributed by atoms with Gasteiger partial charge in [-0.1, -0.05) is 0 Å². The summed E-state index contributed by atoms with van der Waals surface area (Å²) >= 11 is 0. The van der Waals surface area contributed by atoms with Crippen molar-refractivity contribution < 1.29 is 4.39 Å². The van der Waals surface area contributed by atoms with Crippen LogP contribution >= 0.6 is 12.4 Å². The average molecular weight is 231 g/mol. The van der Waals surface area contributed by atoms with E-state index >= 15 is 0 Å². The second kappa shape index (κ2) is 5.21. The number of nitrogens with two attached hydrogens (primary N) is 1. The molecule has 84 valence electrons. The van der Waals surface area contributed by atoms with Gasteiger partial charge in [-0.2, -0.15) is 0 Å². The number of benzene rings is 1. The molecule has 1 fully saturated rings. The SMILES string of the molecule is Cl.Nc1cc(F)ccc1N1CCCCC1. The van der Waals surface area contributed by atoms with Gasteiger partial charge in [0.05, 0.1) is 11.4 Å². The number of piperidine rings is 1. The minimum atomic E-state index is -0.261. The molecule has 2 N–H and O–H groups in total. The van der Waals surface area contributed by atoms with E-state index in [1.54, 1.807) is 6.07 Å². The van der Waals surface area contributed by atoms with E-state index in [0.29, 0.717) is 5.69 Å². The Morgan fingerprint density at radius 3 is 2.40 bits per heavy atom. The van der Waals surface area contributed by atoms with Crippen LogP contribution < -0.4 is 10.6 Å². The maximum Gasteiger partial charge on any atom is 0.125 e. The van der Waals surface area contributed by atoms with Crippen LogP contribution in [0.15, 0.2) is 18.2 Å². The number of hydrogen-bond acceptors (Lipinski definition) is 2. The topological polar surface area (TPSA) is 29.3 Å². The van der Waals surface area contributed by atoms with E-state index < -0.39 is 0 Å². The van der Waals surface area contributed by atoms with Crippen molar-refractivity contribution in [3.8, 4) is 0 Å². The van der Waals surface area contributed by atoms with Crippen LogP contribution in [0.5, 0.6) is 0 Å². The van der Waals surface area contributed by atoms with Crippen LogP contribution in [0.2, 0.25) is 0 Å². The van der Waals surface area contributed by atoms with Crippen LogP contribution in [0.3, 0.4) is 0 Å². The summed E-state index contributed by atoms with van der Waals surface area (Å²) in [6.45, 7) is 2.08. The third-order valence-corrected chi connectivity index (χ3v) is 2.69. The van der Waals surface area contributed by atoms with Crippen LogP contribution in [0.4, 0.5) is 15.8 Å². The number of hydrogen-bond donors (Lipinski definition) is 1. The van der Waals surface area contributed by atoms with Crippen LogP contribution in [0, 0.1) is 5.82 Å². The molecule has 1 heterocycles. The highest BCUT2D eigenvalue weighted by molar-refractivity contribution is 5.85. The van der Waals surface area contributed by atoms with E-state index in [1.807, 2.05) is 0 Å². The fraction of sp³-hybridized carbons (Fsp3) is 0.455. The molecule has 0 saturated carbocycles. The van der Waals surface area contributed by atoms with Gasteiger partial charge in [-0.3, -0.25) is 0 Å². The molecule has 2 rings (SSSR count). The number of nitrogen functional groups attached to an aromatic ring is 1. The lowest BCUT2D eigenvalue weighted by atomic mass is 10.1. The Bertz CT molecular complexity index is 324. The van der Waals surface area contributed by atoms with E-state index in [-0.39, 0.29) is 18.2 Å².